The van der Waals surface area contributed by atoms with Gasteiger partial charge in [-0.15, -0.1) is 0 Å². The van der Waals surface area contributed by atoms with Crippen molar-refractivity contribution in [2.45, 2.75) is 25.2 Å². The number of carbonyl (C=O) groups excluding carboxylic acids is 2. The van der Waals surface area contributed by atoms with Crippen molar-refractivity contribution in [1.29, 1.82) is 0 Å². The number of anilines is 1. The maximum Gasteiger partial charge on any atom is 0.321 e. The van der Waals surface area contributed by atoms with E-state index in [2.05, 4.69) is 5.32 Å². The first-order valence-electron chi connectivity index (χ1n) is 10.1. The Morgan fingerprint density at radius 3 is 2.41 bits per heavy atom. The van der Waals surface area contributed by atoms with Crippen LogP contribution in [-0.4, -0.2) is 48.4 Å². The van der Waals surface area contributed by atoms with E-state index in [0.717, 1.165) is 31.4 Å². The Bertz CT molecular complexity index is 894. The first kappa shape index (κ1) is 19.4. The molecule has 2 aliphatic rings. The standard InChI is InChI=1S/C23H26FN3O2/c1-26-16-23(15-18(21(26)28)17-7-3-2-4-8-17)11-13-27(14-12-23)22(29)25-20-10-6-5-9-19(20)24/h2-10,18H,11-16H2,1H3,(H,25,29). The van der Waals surface area contributed by atoms with Crippen LogP contribution < -0.4 is 5.32 Å². The molecule has 152 valence electrons. The van der Waals surface area contributed by atoms with Gasteiger partial charge in [-0.3, -0.25) is 4.79 Å². The van der Waals surface area contributed by atoms with Gasteiger partial charge in [-0.05, 0) is 42.4 Å². The van der Waals surface area contributed by atoms with E-state index >= 15 is 0 Å². The lowest BCUT2D eigenvalue weighted by molar-refractivity contribution is -0.139. The highest BCUT2D eigenvalue weighted by Crippen LogP contribution is 2.45. The number of likely N-dealkylation sites (tertiary alicyclic amines) is 2. The number of benzene rings is 2. The summed E-state index contributed by atoms with van der Waals surface area (Å²) in [5.74, 6) is -0.400. The molecule has 6 heteroatoms. The van der Waals surface area contributed by atoms with Gasteiger partial charge < -0.3 is 15.1 Å². The number of rotatable bonds is 2. The minimum absolute atomic E-state index is 0.0119. The van der Waals surface area contributed by atoms with Crippen molar-refractivity contribution < 1.29 is 14.0 Å². The Hall–Kier alpha value is -2.89. The lowest BCUT2D eigenvalue weighted by Crippen LogP contribution is -2.54. The maximum atomic E-state index is 13.8. The number of carbonyl (C=O) groups is 2. The van der Waals surface area contributed by atoms with Gasteiger partial charge in [0.2, 0.25) is 5.91 Å². The summed E-state index contributed by atoms with van der Waals surface area (Å²) in [6, 6.07) is 15.9. The zero-order chi connectivity index (χ0) is 20.4. The normalized spacial score (nSPS) is 21.3. The molecule has 2 saturated heterocycles. The number of hydrogen-bond acceptors (Lipinski definition) is 2. The summed E-state index contributed by atoms with van der Waals surface area (Å²) in [6.07, 6.45) is 2.47. The van der Waals surface area contributed by atoms with Gasteiger partial charge in [-0.1, -0.05) is 42.5 Å². The molecule has 1 spiro atoms. The molecule has 4 rings (SSSR count). The van der Waals surface area contributed by atoms with Gasteiger partial charge in [0.05, 0.1) is 11.6 Å². The van der Waals surface area contributed by atoms with Gasteiger partial charge >= 0.3 is 6.03 Å². The first-order chi connectivity index (χ1) is 14.0. The Kier molecular flexibility index (Phi) is 5.26. The topological polar surface area (TPSA) is 52.6 Å². The van der Waals surface area contributed by atoms with Crippen LogP contribution in [0.3, 0.4) is 0 Å². The van der Waals surface area contributed by atoms with Crippen LogP contribution in [0.5, 0.6) is 0 Å². The van der Waals surface area contributed by atoms with Crippen molar-refractivity contribution in [3.63, 3.8) is 0 Å². The van der Waals surface area contributed by atoms with Crippen LogP contribution in [0.1, 0.15) is 30.7 Å². The Labute approximate surface area is 170 Å². The third-order valence-electron chi connectivity index (χ3n) is 6.31. The van der Waals surface area contributed by atoms with E-state index in [9.17, 15) is 14.0 Å². The summed E-state index contributed by atoms with van der Waals surface area (Å²) >= 11 is 0. The molecule has 0 aromatic heterocycles. The molecule has 0 aliphatic carbocycles. The van der Waals surface area contributed by atoms with Crippen molar-refractivity contribution in [3.05, 3.63) is 66.0 Å². The Morgan fingerprint density at radius 1 is 1.07 bits per heavy atom. The third-order valence-corrected chi connectivity index (χ3v) is 6.31. The molecule has 3 amide bonds. The van der Waals surface area contributed by atoms with E-state index in [4.69, 9.17) is 0 Å². The summed E-state index contributed by atoms with van der Waals surface area (Å²) in [5, 5.41) is 2.67. The van der Waals surface area contributed by atoms with Crippen LogP contribution in [0.25, 0.3) is 0 Å². The van der Waals surface area contributed by atoms with Gasteiger partial charge in [0, 0.05) is 26.7 Å². The molecule has 1 atom stereocenters. The zero-order valence-electron chi connectivity index (χ0n) is 16.6. The highest BCUT2D eigenvalue weighted by molar-refractivity contribution is 5.89. The second-order valence-electron chi connectivity index (χ2n) is 8.26. The minimum atomic E-state index is -0.438. The molecular weight excluding hydrogens is 369 g/mol. The Morgan fingerprint density at radius 2 is 1.72 bits per heavy atom. The molecule has 1 unspecified atom stereocenters. The van der Waals surface area contributed by atoms with Crippen molar-refractivity contribution in [3.8, 4) is 0 Å². The second-order valence-corrected chi connectivity index (χ2v) is 8.26. The van der Waals surface area contributed by atoms with Crippen molar-refractivity contribution >= 4 is 17.6 Å². The second kappa shape index (κ2) is 7.85. The molecule has 29 heavy (non-hydrogen) atoms. The van der Waals surface area contributed by atoms with Crippen molar-refractivity contribution in [2.75, 3.05) is 32.0 Å². The number of nitrogens with one attached hydrogen (secondary N) is 1. The molecule has 0 saturated carbocycles. The molecule has 2 aromatic rings. The van der Waals surface area contributed by atoms with Crippen LogP contribution in [0.15, 0.2) is 54.6 Å². The van der Waals surface area contributed by atoms with E-state index in [-0.39, 0.29) is 29.0 Å². The van der Waals surface area contributed by atoms with E-state index < -0.39 is 5.82 Å². The summed E-state index contributed by atoms with van der Waals surface area (Å²) in [6.45, 7) is 1.92. The predicted octanol–water partition coefficient (Wildman–Crippen LogP) is 4.09. The number of halogens is 1. The predicted molar refractivity (Wildman–Crippen MR) is 110 cm³/mol. The van der Waals surface area contributed by atoms with Crippen molar-refractivity contribution in [1.82, 2.24) is 9.80 Å². The largest absolute Gasteiger partial charge is 0.345 e. The summed E-state index contributed by atoms with van der Waals surface area (Å²) in [5.41, 5.74) is 1.27. The van der Waals surface area contributed by atoms with Crippen LogP contribution in [0, 0.1) is 11.2 Å². The molecule has 1 N–H and O–H groups in total. The van der Waals surface area contributed by atoms with Gasteiger partial charge in [-0.2, -0.15) is 0 Å². The SMILES string of the molecule is CN1CC2(CCN(C(=O)Nc3ccccc3F)CC2)CC(c2ccccc2)C1=O. The van der Waals surface area contributed by atoms with Crippen LogP contribution in [0.2, 0.25) is 0 Å². The minimum Gasteiger partial charge on any atom is -0.345 e. The molecule has 0 bridgehead atoms. The molecule has 2 aliphatic heterocycles. The summed E-state index contributed by atoms with van der Waals surface area (Å²) in [4.78, 5) is 28.9. The molecule has 2 aromatic carbocycles. The smallest absolute Gasteiger partial charge is 0.321 e. The van der Waals surface area contributed by atoms with Crippen LogP contribution in [-0.2, 0) is 4.79 Å². The average molecular weight is 395 g/mol. The summed E-state index contributed by atoms with van der Waals surface area (Å²) in [7, 11) is 1.87. The van der Waals surface area contributed by atoms with E-state index in [0.29, 0.717) is 13.1 Å². The number of amides is 3. The van der Waals surface area contributed by atoms with Crippen molar-refractivity contribution in [2.24, 2.45) is 5.41 Å². The van der Waals surface area contributed by atoms with Gasteiger partial charge in [0.15, 0.2) is 0 Å². The fraction of sp³-hybridized carbons (Fsp3) is 0.391. The Balaban J connectivity index is 1.43. The lowest BCUT2D eigenvalue weighted by atomic mass is 9.68. The van der Waals surface area contributed by atoms with E-state index in [1.54, 1.807) is 23.1 Å². The number of likely N-dealkylation sites (N-methyl/N-ethyl adjacent to an activating group) is 1. The fourth-order valence-corrected chi connectivity index (χ4v) is 4.68. The van der Waals surface area contributed by atoms with Gasteiger partial charge in [0.1, 0.15) is 5.82 Å². The highest BCUT2D eigenvalue weighted by Gasteiger charge is 2.45. The molecule has 0 radical (unpaired) electrons. The number of urea groups is 1. The number of piperidine rings is 2. The highest BCUT2D eigenvalue weighted by atomic mass is 19.1. The van der Waals surface area contributed by atoms with Crippen LogP contribution >= 0.6 is 0 Å². The zero-order valence-corrected chi connectivity index (χ0v) is 16.6. The molecule has 5 nitrogen and oxygen atoms in total. The van der Waals surface area contributed by atoms with Crippen LogP contribution in [0.4, 0.5) is 14.9 Å². The molecule has 2 heterocycles. The monoisotopic (exact) mass is 395 g/mol. The summed E-state index contributed by atoms with van der Waals surface area (Å²) < 4.78 is 13.8. The lowest BCUT2D eigenvalue weighted by Gasteiger charge is -2.49. The molecular formula is C23H26FN3O2. The molecule has 2 fully saturated rings. The van der Waals surface area contributed by atoms with Gasteiger partial charge in [0.25, 0.3) is 0 Å². The first-order valence-corrected chi connectivity index (χ1v) is 10.1. The number of hydrogen-bond donors (Lipinski definition) is 1. The van der Waals surface area contributed by atoms with E-state index in [1.165, 1.54) is 6.07 Å². The average Bonchev–Trinajstić information content (AvgIpc) is 2.73. The number of para-hydroxylation sites is 1. The quantitative estimate of drug-likeness (QED) is 0.833. The van der Waals surface area contributed by atoms with E-state index in [1.807, 2.05) is 42.3 Å². The van der Waals surface area contributed by atoms with Gasteiger partial charge in [-0.25, -0.2) is 9.18 Å². The maximum absolute atomic E-state index is 13.8. The third kappa shape index (κ3) is 3.97. The fourth-order valence-electron chi connectivity index (χ4n) is 4.68. The number of nitrogens with zero attached hydrogens (tertiary/aromatic N) is 2.